The van der Waals surface area contributed by atoms with E-state index in [1.165, 1.54) is 11.3 Å². The summed E-state index contributed by atoms with van der Waals surface area (Å²) >= 11 is 1.28. The highest BCUT2D eigenvalue weighted by Crippen LogP contribution is 2.36. The standard InChI is InChI=1S/C33H32N2O5S/c1-5-38-32(37)29-22(4)34-33-35(30(29)26-16-9-10-17-27(26)40-21(2)3)31(36)28(41-33)19-24-14-11-15-25(18-24)39-20-23-12-7-6-8-13-23/h6-19,21,30H,5,20H2,1-4H3/b28-19+. The van der Waals surface area contributed by atoms with Crippen LogP contribution in [0.5, 0.6) is 11.5 Å². The average molecular weight is 569 g/mol. The van der Waals surface area contributed by atoms with Gasteiger partial charge in [0, 0.05) is 5.56 Å². The number of thiazole rings is 1. The monoisotopic (exact) mass is 568 g/mol. The maximum atomic E-state index is 14.0. The van der Waals surface area contributed by atoms with Crippen LogP contribution in [0.4, 0.5) is 0 Å². The van der Waals surface area contributed by atoms with Crippen molar-refractivity contribution in [3.05, 3.63) is 127 Å². The highest BCUT2D eigenvalue weighted by atomic mass is 32.1. The van der Waals surface area contributed by atoms with Crippen molar-refractivity contribution in [1.82, 2.24) is 4.57 Å². The van der Waals surface area contributed by atoms with Gasteiger partial charge in [-0.25, -0.2) is 9.79 Å². The molecule has 0 amide bonds. The number of para-hydroxylation sites is 1. The Labute approximate surface area is 242 Å². The van der Waals surface area contributed by atoms with Crippen LogP contribution in [0.2, 0.25) is 0 Å². The van der Waals surface area contributed by atoms with E-state index in [0.717, 1.165) is 11.1 Å². The third-order valence-corrected chi connectivity index (χ3v) is 7.48. The van der Waals surface area contributed by atoms with Gasteiger partial charge in [0.15, 0.2) is 4.80 Å². The minimum absolute atomic E-state index is 0.0977. The first-order valence-corrected chi connectivity index (χ1v) is 14.4. The predicted octanol–water partition coefficient (Wildman–Crippen LogP) is 5.16. The number of fused-ring (bicyclic) bond motifs is 1. The van der Waals surface area contributed by atoms with Crippen LogP contribution in [0.3, 0.4) is 0 Å². The van der Waals surface area contributed by atoms with Crippen molar-refractivity contribution in [3.8, 4) is 11.5 Å². The summed E-state index contributed by atoms with van der Waals surface area (Å²) in [6.07, 6.45) is 1.73. The molecule has 7 nitrogen and oxygen atoms in total. The summed E-state index contributed by atoms with van der Waals surface area (Å²) in [5.74, 6) is 0.797. The Morgan fingerprint density at radius 3 is 2.56 bits per heavy atom. The van der Waals surface area contributed by atoms with Crippen molar-refractivity contribution in [2.45, 2.75) is 46.4 Å². The maximum Gasteiger partial charge on any atom is 0.338 e. The fourth-order valence-electron chi connectivity index (χ4n) is 4.74. The molecule has 1 aliphatic heterocycles. The number of hydrogen-bond donors (Lipinski definition) is 0. The molecule has 5 rings (SSSR count). The van der Waals surface area contributed by atoms with Gasteiger partial charge in [-0.3, -0.25) is 9.36 Å². The molecule has 3 aromatic carbocycles. The second-order valence-corrected chi connectivity index (χ2v) is 10.9. The first kappa shape index (κ1) is 28.1. The molecule has 8 heteroatoms. The minimum atomic E-state index is -0.747. The summed E-state index contributed by atoms with van der Waals surface area (Å²) in [5, 5.41) is 0. The van der Waals surface area contributed by atoms with Crippen LogP contribution in [0.25, 0.3) is 6.08 Å². The van der Waals surface area contributed by atoms with Gasteiger partial charge in [-0.05, 0) is 63.1 Å². The summed E-state index contributed by atoms with van der Waals surface area (Å²) in [6, 6.07) is 24.3. The van der Waals surface area contributed by atoms with Gasteiger partial charge >= 0.3 is 5.97 Å². The molecule has 1 aromatic heterocycles. The van der Waals surface area contributed by atoms with Crippen LogP contribution in [-0.2, 0) is 16.1 Å². The second kappa shape index (κ2) is 12.4. The number of carbonyl (C=O) groups excluding carboxylic acids is 1. The Bertz CT molecular complexity index is 1770. The fourth-order valence-corrected chi connectivity index (χ4v) is 5.79. The summed E-state index contributed by atoms with van der Waals surface area (Å²) in [6.45, 7) is 8.06. The molecule has 0 aliphatic carbocycles. The van der Waals surface area contributed by atoms with E-state index in [0.29, 0.717) is 44.3 Å². The Morgan fingerprint density at radius 1 is 1.05 bits per heavy atom. The average Bonchev–Trinajstić information content (AvgIpc) is 3.26. The number of aromatic nitrogens is 1. The zero-order valence-electron chi connectivity index (χ0n) is 23.5. The van der Waals surface area contributed by atoms with E-state index < -0.39 is 12.0 Å². The molecule has 0 saturated carbocycles. The normalized spacial score (nSPS) is 15.0. The van der Waals surface area contributed by atoms with Crippen LogP contribution < -0.4 is 24.4 Å². The number of rotatable bonds is 9. The lowest BCUT2D eigenvalue weighted by atomic mass is 9.95. The van der Waals surface area contributed by atoms with Crippen molar-refractivity contribution >= 4 is 23.4 Å². The van der Waals surface area contributed by atoms with Gasteiger partial charge in [-0.1, -0.05) is 72.0 Å². The largest absolute Gasteiger partial charge is 0.491 e. The zero-order valence-corrected chi connectivity index (χ0v) is 24.3. The molecule has 4 aromatic rings. The molecule has 1 unspecified atom stereocenters. The number of esters is 1. The molecular formula is C33H32N2O5S. The van der Waals surface area contributed by atoms with Gasteiger partial charge < -0.3 is 14.2 Å². The van der Waals surface area contributed by atoms with Gasteiger partial charge in [-0.15, -0.1) is 0 Å². The lowest BCUT2D eigenvalue weighted by molar-refractivity contribution is -0.139. The van der Waals surface area contributed by atoms with Crippen molar-refractivity contribution < 1.29 is 19.0 Å². The van der Waals surface area contributed by atoms with Crippen molar-refractivity contribution in [1.29, 1.82) is 0 Å². The van der Waals surface area contributed by atoms with E-state index in [1.807, 2.05) is 98.8 Å². The molecule has 0 radical (unpaired) electrons. The summed E-state index contributed by atoms with van der Waals surface area (Å²) < 4.78 is 19.6. The number of benzene rings is 3. The van der Waals surface area contributed by atoms with Crippen molar-refractivity contribution in [3.63, 3.8) is 0 Å². The Kier molecular flexibility index (Phi) is 8.50. The summed E-state index contributed by atoms with van der Waals surface area (Å²) in [5.41, 5.74) is 3.17. The molecule has 210 valence electrons. The van der Waals surface area contributed by atoms with Gasteiger partial charge in [0.2, 0.25) is 0 Å². The molecule has 1 aliphatic rings. The molecule has 41 heavy (non-hydrogen) atoms. The van der Waals surface area contributed by atoms with E-state index in [4.69, 9.17) is 14.2 Å². The van der Waals surface area contributed by atoms with Gasteiger partial charge in [0.05, 0.1) is 28.5 Å². The third-order valence-electron chi connectivity index (χ3n) is 6.50. The van der Waals surface area contributed by atoms with E-state index >= 15 is 0 Å². The van der Waals surface area contributed by atoms with Crippen LogP contribution in [0.1, 0.15) is 50.4 Å². The highest BCUT2D eigenvalue weighted by molar-refractivity contribution is 7.07. The summed E-state index contributed by atoms with van der Waals surface area (Å²) in [4.78, 5) is 32.4. The number of ether oxygens (including phenoxy) is 3. The van der Waals surface area contributed by atoms with Crippen LogP contribution in [0, 0.1) is 0 Å². The summed E-state index contributed by atoms with van der Waals surface area (Å²) in [7, 11) is 0. The Balaban J connectivity index is 1.59. The highest BCUT2D eigenvalue weighted by Gasteiger charge is 2.35. The SMILES string of the molecule is CCOC(=O)C1=C(C)N=c2s/c(=C/c3cccc(OCc4ccccc4)c3)c(=O)n2C1c1ccccc1OC(C)C. The quantitative estimate of drug-likeness (QED) is 0.261. The van der Waals surface area contributed by atoms with Gasteiger partial charge in [0.25, 0.3) is 5.56 Å². The lowest BCUT2D eigenvalue weighted by Crippen LogP contribution is -2.40. The first-order chi connectivity index (χ1) is 19.9. The zero-order chi connectivity index (χ0) is 28.9. The topological polar surface area (TPSA) is 79.1 Å². The van der Waals surface area contributed by atoms with E-state index in [1.54, 1.807) is 18.4 Å². The molecular weight excluding hydrogens is 536 g/mol. The Morgan fingerprint density at radius 2 is 1.80 bits per heavy atom. The molecule has 0 N–H and O–H groups in total. The van der Waals surface area contributed by atoms with Gasteiger partial charge in [-0.2, -0.15) is 0 Å². The number of carbonyl (C=O) groups is 1. The smallest absolute Gasteiger partial charge is 0.338 e. The van der Waals surface area contributed by atoms with Crippen LogP contribution in [-0.4, -0.2) is 23.2 Å². The fraction of sp³-hybridized carbons (Fsp3) is 0.242. The Hall–Kier alpha value is -4.43. The maximum absolute atomic E-state index is 14.0. The number of hydrogen-bond acceptors (Lipinski definition) is 7. The van der Waals surface area contributed by atoms with Gasteiger partial charge in [0.1, 0.15) is 24.1 Å². The van der Waals surface area contributed by atoms with E-state index in [2.05, 4.69) is 4.99 Å². The molecule has 0 saturated heterocycles. The second-order valence-electron chi connectivity index (χ2n) is 9.85. The molecule has 0 bridgehead atoms. The third kappa shape index (κ3) is 6.18. The van der Waals surface area contributed by atoms with Crippen LogP contribution in [0.15, 0.2) is 99.9 Å². The van der Waals surface area contributed by atoms with Crippen LogP contribution >= 0.6 is 11.3 Å². The number of allylic oxidation sites excluding steroid dienone is 1. The molecule has 1 atom stereocenters. The van der Waals surface area contributed by atoms with Crippen molar-refractivity contribution in [2.75, 3.05) is 6.61 Å². The molecule has 0 spiro atoms. The first-order valence-electron chi connectivity index (χ1n) is 13.6. The minimum Gasteiger partial charge on any atom is -0.491 e. The predicted molar refractivity (Wildman–Crippen MR) is 160 cm³/mol. The van der Waals surface area contributed by atoms with E-state index in [-0.39, 0.29) is 18.3 Å². The van der Waals surface area contributed by atoms with Crippen molar-refractivity contribution in [2.24, 2.45) is 4.99 Å². The molecule has 2 heterocycles. The number of nitrogens with zero attached hydrogens (tertiary/aromatic N) is 2. The lowest BCUT2D eigenvalue weighted by Gasteiger charge is -2.26. The van der Waals surface area contributed by atoms with E-state index in [9.17, 15) is 9.59 Å². The molecule has 0 fully saturated rings.